The van der Waals surface area contributed by atoms with Crippen molar-refractivity contribution in [3.8, 4) is 0 Å². The van der Waals surface area contributed by atoms with Crippen LogP contribution in [-0.2, 0) is 16.8 Å². The Morgan fingerprint density at radius 3 is 1.92 bits per heavy atom. The Hall–Kier alpha value is -3.02. The van der Waals surface area contributed by atoms with Crippen LogP contribution in [0.4, 0.5) is 0 Å². The lowest BCUT2D eigenvalue weighted by atomic mass is 9.71. The molecule has 3 aromatic rings. The van der Waals surface area contributed by atoms with Gasteiger partial charge in [0.05, 0.1) is 6.42 Å². The minimum atomic E-state index is -0.656. The van der Waals surface area contributed by atoms with Crippen molar-refractivity contribution in [2.75, 3.05) is 0 Å². The summed E-state index contributed by atoms with van der Waals surface area (Å²) < 4.78 is 1.92. The molecule has 0 fully saturated rings. The molecule has 2 N–H and O–H groups in total. The molecule has 0 saturated heterocycles. The summed E-state index contributed by atoms with van der Waals surface area (Å²) in [6, 6.07) is 17.3. The van der Waals surface area contributed by atoms with Crippen molar-refractivity contribution in [3.63, 3.8) is 0 Å². The van der Waals surface area contributed by atoms with E-state index in [0.29, 0.717) is 17.7 Å². The van der Waals surface area contributed by atoms with E-state index < -0.39 is 11.4 Å². The van der Waals surface area contributed by atoms with Crippen LogP contribution < -0.4 is 5.73 Å². The van der Waals surface area contributed by atoms with E-state index in [1.165, 1.54) is 61.6 Å². The Kier molecular flexibility index (Phi) is 11.7. The second-order valence-corrected chi connectivity index (χ2v) is 11.6. The lowest BCUT2D eigenvalue weighted by molar-refractivity contribution is -0.117. The summed E-state index contributed by atoms with van der Waals surface area (Å²) in [4.78, 5) is 12.1. The predicted molar refractivity (Wildman–Crippen MR) is 160 cm³/mol. The maximum Gasteiger partial charge on any atom is 0.225 e. The Morgan fingerprint density at radius 1 is 0.821 bits per heavy atom. The van der Waals surface area contributed by atoms with Gasteiger partial charge in [0, 0.05) is 0 Å². The Balaban J connectivity index is 2.13. The van der Waals surface area contributed by atoms with E-state index in [1.54, 1.807) is 0 Å². The molecule has 1 aromatic heterocycles. The van der Waals surface area contributed by atoms with Gasteiger partial charge >= 0.3 is 0 Å². The van der Waals surface area contributed by atoms with Crippen molar-refractivity contribution >= 4 is 5.91 Å². The Bertz CT molecular complexity index is 1130. The summed E-state index contributed by atoms with van der Waals surface area (Å²) >= 11 is 0. The van der Waals surface area contributed by atoms with Crippen molar-refractivity contribution in [2.24, 2.45) is 5.73 Å². The number of hydrogen-bond donors (Lipinski definition) is 1. The molecule has 39 heavy (non-hydrogen) atoms. The molecule has 212 valence electrons. The van der Waals surface area contributed by atoms with Crippen LogP contribution in [0, 0.1) is 0 Å². The number of aromatic nitrogens is 4. The van der Waals surface area contributed by atoms with Crippen LogP contribution in [0.25, 0.3) is 0 Å². The number of unbranched alkanes of at least 4 members (excludes halogenated alkanes) is 8. The van der Waals surface area contributed by atoms with E-state index in [1.807, 2.05) is 4.68 Å². The average molecular weight is 532 g/mol. The standard InChI is InChI=1S/C33H49N5O/c1-6-7-8-9-10-11-12-13-17-23-33(27-19-15-14-16-20-27,38-31(24-30(34)39)35-36-37-38)32-28(25(2)3)21-18-22-29(32)26(4)5/h14-16,18-22,25-26H,6-13,17,23-24H2,1-5H3,(H2,34,39). The summed E-state index contributed by atoms with van der Waals surface area (Å²) in [5.74, 6) is 0.690. The highest BCUT2D eigenvalue weighted by molar-refractivity contribution is 5.75. The van der Waals surface area contributed by atoms with Gasteiger partial charge in [-0.05, 0) is 50.9 Å². The number of carbonyl (C=O) groups excluding carboxylic acids is 1. The van der Waals surface area contributed by atoms with E-state index in [4.69, 9.17) is 5.73 Å². The smallest absolute Gasteiger partial charge is 0.225 e. The fourth-order valence-corrected chi connectivity index (χ4v) is 5.95. The topological polar surface area (TPSA) is 86.7 Å². The van der Waals surface area contributed by atoms with E-state index >= 15 is 0 Å². The number of nitrogens with zero attached hydrogens (tertiary/aromatic N) is 4. The molecule has 0 bridgehead atoms. The molecule has 6 heteroatoms. The van der Waals surface area contributed by atoms with E-state index in [-0.39, 0.29) is 6.42 Å². The van der Waals surface area contributed by atoms with Gasteiger partial charge in [0.2, 0.25) is 5.91 Å². The molecule has 1 heterocycles. The highest BCUT2D eigenvalue weighted by Crippen LogP contribution is 2.45. The van der Waals surface area contributed by atoms with E-state index in [2.05, 4.69) is 98.7 Å². The van der Waals surface area contributed by atoms with Crippen molar-refractivity contribution in [3.05, 3.63) is 76.6 Å². The van der Waals surface area contributed by atoms with Gasteiger partial charge in [-0.3, -0.25) is 4.79 Å². The lowest BCUT2D eigenvalue weighted by Crippen LogP contribution is -2.41. The summed E-state index contributed by atoms with van der Waals surface area (Å²) in [7, 11) is 0. The zero-order valence-electron chi connectivity index (χ0n) is 24.8. The molecule has 0 spiro atoms. The zero-order valence-corrected chi connectivity index (χ0v) is 24.8. The summed E-state index contributed by atoms with van der Waals surface area (Å²) in [5.41, 5.74) is 10.0. The molecular formula is C33H49N5O. The Morgan fingerprint density at radius 2 is 1.38 bits per heavy atom. The van der Waals surface area contributed by atoms with Crippen LogP contribution in [0.5, 0.6) is 0 Å². The molecule has 2 aromatic carbocycles. The first-order valence-corrected chi connectivity index (χ1v) is 15.1. The first-order chi connectivity index (χ1) is 18.8. The van der Waals surface area contributed by atoms with Crippen LogP contribution in [-0.4, -0.2) is 26.1 Å². The third kappa shape index (κ3) is 7.55. The van der Waals surface area contributed by atoms with Crippen LogP contribution in [0.1, 0.15) is 139 Å². The molecule has 1 unspecified atom stereocenters. The van der Waals surface area contributed by atoms with Gasteiger partial charge in [-0.25, -0.2) is 4.68 Å². The molecule has 1 atom stereocenters. The second-order valence-electron chi connectivity index (χ2n) is 11.6. The van der Waals surface area contributed by atoms with Gasteiger partial charge in [0.15, 0.2) is 5.82 Å². The minimum Gasteiger partial charge on any atom is -0.369 e. The number of hydrogen-bond acceptors (Lipinski definition) is 4. The monoisotopic (exact) mass is 531 g/mol. The summed E-state index contributed by atoms with van der Waals surface area (Å²) in [5, 5.41) is 13.0. The number of tetrazole rings is 1. The fourth-order valence-electron chi connectivity index (χ4n) is 5.95. The van der Waals surface area contributed by atoms with Crippen molar-refractivity contribution in [1.29, 1.82) is 0 Å². The molecule has 0 aliphatic heterocycles. The number of carbonyl (C=O) groups is 1. The van der Waals surface area contributed by atoms with Gasteiger partial charge in [-0.2, -0.15) is 0 Å². The molecular weight excluding hydrogens is 482 g/mol. The minimum absolute atomic E-state index is 0.000199. The van der Waals surface area contributed by atoms with Crippen molar-refractivity contribution in [2.45, 2.75) is 123 Å². The van der Waals surface area contributed by atoms with Crippen LogP contribution in [0.3, 0.4) is 0 Å². The second kappa shape index (κ2) is 14.9. The van der Waals surface area contributed by atoms with Crippen molar-refractivity contribution in [1.82, 2.24) is 20.2 Å². The van der Waals surface area contributed by atoms with Gasteiger partial charge < -0.3 is 5.73 Å². The zero-order chi connectivity index (χ0) is 28.3. The van der Waals surface area contributed by atoms with Crippen molar-refractivity contribution < 1.29 is 4.79 Å². The average Bonchev–Trinajstić information content (AvgIpc) is 3.38. The van der Waals surface area contributed by atoms with Crippen LogP contribution in [0.2, 0.25) is 0 Å². The largest absolute Gasteiger partial charge is 0.369 e. The molecule has 0 radical (unpaired) electrons. The summed E-state index contributed by atoms with van der Waals surface area (Å²) in [6.07, 6.45) is 12.1. The van der Waals surface area contributed by atoms with Gasteiger partial charge in [-0.1, -0.05) is 141 Å². The third-order valence-corrected chi connectivity index (χ3v) is 7.91. The Labute approximate surface area is 235 Å². The first-order valence-electron chi connectivity index (χ1n) is 15.1. The lowest BCUT2D eigenvalue weighted by Gasteiger charge is -2.40. The molecule has 0 aliphatic rings. The maximum absolute atomic E-state index is 12.1. The SMILES string of the molecule is CCCCCCCCCCCC(c1ccccc1)(c1c(C(C)C)cccc1C(C)C)n1nnnc1CC(N)=O. The highest BCUT2D eigenvalue weighted by atomic mass is 16.1. The number of rotatable bonds is 17. The fraction of sp³-hybridized carbons (Fsp3) is 0.576. The molecule has 0 saturated carbocycles. The van der Waals surface area contributed by atoms with Gasteiger partial charge in [-0.15, -0.1) is 5.10 Å². The van der Waals surface area contributed by atoms with Crippen LogP contribution >= 0.6 is 0 Å². The molecule has 0 aliphatic carbocycles. The number of primary amides is 1. The normalized spacial score (nSPS) is 13.2. The van der Waals surface area contributed by atoms with Gasteiger partial charge in [0.1, 0.15) is 5.54 Å². The summed E-state index contributed by atoms with van der Waals surface area (Å²) in [6.45, 7) is 11.3. The quantitative estimate of drug-likeness (QED) is 0.181. The number of nitrogens with two attached hydrogens (primary N) is 1. The number of amides is 1. The van der Waals surface area contributed by atoms with Crippen LogP contribution in [0.15, 0.2) is 48.5 Å². The van der Waals surface area contributed by atoms with E-state index in [0.717, 1.165) is 24.8 Å². The van der Waals surface area contributed by atoms with E-state index in [9.17, 15) is 4.79 Å². The predicted octanol–water partition coefficient (Wildman–Crippen LogP) is 7.66. The molecule has 1 amide bonds. The third-order valence-electron chi connectivity index (χ3n) is 7.91. The molecule has 3 rings (SSSR count). The maximum atomic E-state index is 12.1. The highest BCUT2D eigenvalue weighted by Gasteiger charge is 2.43. The number of benzene rings is 2. The van der Waals surface area contributed by atoms with Gasteiger partial charge in [0.25, 0.3) is 0 Å². The molecule has 6 nitrogen and oxygen atoms in total. The first kappa shape index (κ1) is 30.5.